The Balaban J connectivity index is 0.000000430. The molecule has 11 nitrogen and oxygen atoms in total. The number of rotatable bonds is 23. The SMILES string of the molecule is CC1CCCO[C@@]1(O)C(=O)C(=O)N1CCCCC1C(=O)O.CO[C@H]1CCCC(CCCCCC/C=C(\C)[C@@H](O)CC(=O)C(C)CC/C=C/C=C/C=C(\C)C(C)Nc2cccc(C)c2)C1. The molecule has 358 valence electrons. The molecule has 4 rings (SSSR count). The van der Waals surface area contributed by atoms with Crippen LogP contribution in [-0.4, -0.2) is 94.0 Å². The molecule has 3 fully saturated rings. The number of nitrogens with one attached hydrogen (secondary N) is 1. The van der Waals surface area contributed by atoms with Gasteiger partial charge in [-0.15, -0.1) is 0 Å². The fourth-order valence-electron chi connectivity index (χ4n) is 8.82. The van der Waals surface area contributed by atoms with E-state index in [4.69, 9.17) is 14.6 Å². The van der Waals surface area contributed by atoms with Gasteiger partial charge in [0.05, 0.1) is 18.8 Å². The number of aliphatic hydroxyl groups excluding tert-OH is 1. The van der Waals surface area contributed by atoms with Crippen LogP contribution in [0.2, 0.25) is 0 Å². The zero-order chi connectivity index (χ0) is 47.1. The van der Waals surface area contributed by atoms with Crippen molar-refractivity contribution in [3.63, 3.8) is 0 Å². The van der Waals surface area contributed by atoms with Crippen LogP contribution < -0.4 is 5.32 Å². The molecule has 1 saturated carbocycles. The fourth-order valence-corrected chi connectivity index (χ4v) is 8.82. The number of carboxylic acids is 1. The number of piperidine rings is 1. The van der Waals surface area contributed by atoms with Gasteiger partial charge in [0.15, 0.2) is 0 Å². The van der Waals surface area contributed by atoms with Crippen molar-refractivity contribution in [1.82, 2.24) is 4.90 Å². The van der Waals surface area contributed by atoms with E-state index < -0.39 is 41.5 Å². The van der Waals surface area contributed by atoms with Crippen molar-refractivity contribution < 1.29 is 44.0 Å². The lowest BCUT2D eigenvalue weighted by atomic mass is 9.84. The van der Waals surface area contributed by atoms with E-state index in [2.05, 4.69) is 74.7 Å². The quantitative estimate of drug-likeness (QED) is 0.0360. The second kappa shape index (κ2) is 28.9. The van der Waals surface area contributed by atoms with Crippen molar-refractivity contribution in [3.8, 4) is 0 Å². The third-order valence-corrected chi connectivity index (χ3v) is 13.5. The first-order chi connectivity index (χ1) is 30.6. The summed E-state index contributed by atoms with van der Waals surface area (Å²) in [6.45, 7) is 12.4. The van der Waals surface area contributed by atoms with E-state index in [1.165, 1.54) is 62.5 Å². The van der Waals surface area contributed by atoms with E-state index in [9.17, 15) is 29.4 Å². The molecule has 1 aromatic carbocycles. The maximum atomic E-state index is 12.7. The Bertz CT molecular complexity index is 1740. The number of aryl methyl sites for hydroxylation is 1. The van der Waals surface area contributed by atoms with Crippen LogP contribution in [0.4, 0.5) is 5.69 Å². The minimum atomic E-state index is -2.13. The molecule has 8 atom stereocenters. The van der Waals surface area contributed by atoms with Gasteiger partial charge in [0, 0.05) is 43.6 Å². The molecule has 4 N–H and O–H groups in total. The summed E-state index contributed by atoms with van der Waals surface area (Å²) in [6, 6.07) is 7.68. The first-order valence-corrected chi connectivity index (χ1v) is 24.2. The topological polar surface area (TPSA) is 163 Å². The van der Waals surface area contributed by atoms with E-state index in [0.717, 1.165) is 47.8 Å². The second-order valence-electron chi connectivity index (χ2n) is 18.7. The summed E-state index contributed by atoms with van der Waals surface area (Å²) in [4.78, 5) is 49.6. The van der Waals surface area contributed by atoms with Gasteiger partial charge < -0.3 is 35.0 Å². The lowest BCUT2D eigenvalue weighted by molar-refractivity contribution is -0.240. The number of amides is 1. The zero-order valence-electron chi connectivity index (χ0n) is 40.2. The number of hydrogen-bond donors (Lipinski definition) is 4. The number of carbonyl (C=O) groups is 4. The highest BCUT2D eigenvalue weighted by Gasteiger charge is 2.50. The number of carbonyl (C=O) groups excluding carboxylic acids is 3. The molecule has 0 aromatic heterocycles. The third kappa shape index (κ3) is 18.5. The second-order valence-corrected chi connectivity index (χ2v) is 18.7. The Morgan fingerprint density at radius 2 is 1.72 bits per heavy atom. The Kier molecular flexibility index (Phi) is 24.6. The fraction of sp³-hybridized carbons (Fsp3) is 0.660. The Morgan fingerprint density at radius 1 is 0.953 bits per heavy atom. The molecular formula is C53H82N2O9. The molecule has 0 spiro atoms. The number of anilines is 1. The van der Waals surface area contributed by atoms with Crippen LogP contribution in [0.1, 0.15) is 156 Å². The number of carboxylic acid groups (broad SMARTS) is 1. The van der Waals surface area contributed by atoms with Crippen LogP contribution in [0.5, 0.6) is 0 Å². The van der Waals surface area contributed by atoms with Crippen molar-refractivity contribution in [2.24, 2.45) is 17.8 Å². The standard InChI is InChI=1S/C39H61NO3.C14H21NO6/c1-30-19-17-25-36(27-30)40-34(5)31(2)20-13-9-7-10-14-21-32(3)38(41)29-39(42)33(4)22-15-11-8-12-16-23-35-24-18-26-37(28-35)43-6;1-9-5-4-8-21-14(9,20)11(16)12(17)15-7-3-2-6-10(15)13(18)19/h7,9-10,13,17,19-20,22,25,27,32,34-35,37,39-40,42H,8,11-12,14-16,18,21,23-24,26,28-29H2,1-6H3;9-10,20H,2-8H2,1H3,(H,18,19)/b10-7+,13-9+,31-20+,33-22+;/t32?,34?,35?,37-,39-;9?,10?,14-/m01/s1. The smallest absolute Gasteiger partial charge is 0.326 e. The number of nitrogens with zero attached hydrogens (tertiary/aromatic N) is 1. The van der Waals surface area contributed by atoms with Crippen LogP contribution in [-0.2, 0) is 28.7 Å². The summed E-state index contributed by atoms with van der Waals surface area (Å²) >= 11 is 0. The van der Waals surface area contributed by atoms with E-state index in [1.54, 1.807) is 6.92 Å². The van der Waals surface area contributed by atoms with E-state index in [1.807, 2.05) is 33.1 Å². The molecule has 3 aliphatic rings. The highest BCUT2D eigenvalue weighted by Crippen LogP contribution is 2.32. The molecule has 1 aromatic rings. The largest absolute Gasteiger partial charge is 0.480 e. The average molecular weight is 891 g/mol. The molecule has 1 aliphatic carbocycles. The van der Waals surface area contributed by atoms with Crippen LogP contribution in [0, 0.1) is 24.7 Å². The van der Waals surface area contributed by atoms with Crippen LogP contribution in [0.3, 0.4) is 0 Å². The molecule has 64 heavy (non-hydrogen) atoms. The van der Waals surface area contributed by atoms with Crippen molar-refractivity contribution in [2.45, 2.75) is 187 Å². The van der Waals surface area contributed by atoms with Gasteiger partial charge in [0.2, 0.25) is 5.79 Å². The van der Waals surface area contributed by atoms with Crippen molar-refractivity contribution in [3.05, 3.63) is 77.4 Å². The van der Waals surface area contributed by atoms with Crippen LogP contribution in [0.25, 0.3) is 0 Å². The van der Waals surface area contributed by atoms with Gasteiger partial charge in [-0.05, 0) is 128 Å². The molecule has 2 saturated heterocycles. The Morgan fingerprint density at radius 3 is 2.44 bits per heavy atom. The van der Waals surface area contributed by atoms with Gasteiger partial charge >= 0.3 is 5.97 Å². The van der Waals surface area contributed by atoms with Gasteiger partial charge in [-0.2, -0.15) is 0 Å². The number of aliphatic hydroxyl groups is 2. The van der Waals surface area contributed by atoms with E-state index >= 15 is 0 Å². The maximum Gasteiger partial charge on any atom is 0.326 e. The van der Waals surface area contributed by atoms with Crippen molar-refractivity contribution in [2.75, 3.05) is 25.6 Å². The first-order valence-electron chi connectivity index (χ1n) is 24.2. The summed E-state index contributed by atoms with van der Waals surface area (Å²) in [5.74, 6) is -4.80. The Labute approximate surface area is 384 Å². The number of ketones is 2. The number of likely N-dealkylation sites (tertiary alicyclic amines) is 1. The monoisotopic (exact) mass is 891 g/mol. The average Bonchev–Trinajstić information content (AvgIpc) is 3.28. The molecule has 2 heterocycles. The first kappa shape index (κ1) is 54.4. The summed E-state index contributed by atoms with van der Waals surface area (Å²) in [6.07, 6.45) is 29.7. The number of aliphatic carboxylic acids is 1. The van der Waals surface area contributed by atoms with Crippen LogP contribution >= 0.6 is 0 Å². The normalized spacial score (nSPS) is 24.7. The molecular weight excluding hydrogens is 809 g/mol. The van der Waals surface area contributed by atoms with Gasteiger partial charge in [0.1, 0.15) is 11.8 Å². The number of allylic oxidation sites excluding steroid dienone is 6. The van der Waals surface area contributed by atoms with Gasteiger partial charge in [-0.3, -0.25) is 14.4 Å². The zero-order valence-corrected chi connectivity index (χ0v) is 40.2. The van der Waals surface area contributed by atoms with Gasteiger partial charge in [0.25, 0.3) is 11.7 Å². The summed E-state index contributed by atoms with van der Waals surface area (Å²) in [7, 11) is 1.85. The van der Waals surface area contributed by atoms with Gasteiger partial charge in [-0.1, -0.05) is 107 Å². The molecule has 5 unspecified atom stereocenters. The third-order valence-electron chi connectivity index (χ3n) is 13.5. The van der Waals surface area contributed by atoms with Gasteiger partial charge in [-0.25, -0.2) is 4.79 Å². The molecule has 1 amide bonds. The van der Waals surface area contributed by atoms with E-state index in [-0.39, 0.29) is 37.3 Å². The molecule has 2 aliphatic heterocycles. The highest BCUT2D eigenvalue weighted by atomic mass is 16.6. The predicted molar refractivity (Wildman–Crippen MR) is 256 cm³/mol. The number of methoxy groups -OCH3 is 1. The molecule has 11 heteroatoms. The van der Waals surface area contributed by atoms with Crippen LogP contribution in [0.15, 0.2) is 71.9 Å². The number of Topliss-reactive ketones (excluding diaryl/α,β-unsaturated/α-hetero) is 2. The minimum Gasteiger partial charge on any atom is -0.480 e. The minimum absolute atomic E-state index is 0.0462. The predicted octanol–water partition coefficient (Wildman–Crippen LogP) is 10.2. The maximum absolute atomic E-state index is 12.7. The number of ether oxygens (including phenoxy) is 2. The van der Waals surface area contributed by atoms with E-state index in [0.29, 0.717) is 38.2 Å². The lowest BCUT2D eigenvalue weighted by Crippen LogP contribution is -2.59. The number of hydrogen-bond acceptors (Lipinski definition) is 9. The highest BCUT2D eigenvalue weighted by molar-refractivity contribution is 6.39. The summed E-state index contributed by atoms with van der Waals surface area (Å²) in [5, 5.41) is 33.7. The Hall–Kier alpha value is -3.90. The molecule has 0 bridgehead atoms. The van der Waals surface area contributed by atoms with Crippen molar-refractivity contribution >= 4 is 29.1 Å². The number of unbranched alkanes of at least 4 members (excludes halogenated alkanes) is 4. The number of benzene rings is 1. The summed E-state index contributed by atoms with van der Waals surface area (Å²) in [5.41, 5.74) is 4.59. The summed E-state index contributed by atoms with van der Waals surface area (Å²) < 4.78 is 10.7. The lowest BCUT2D eigenvalue weighted by Gasteiger charge is -2.38. The molecule has 0 radical (unpaired) electrons. The van der Waals surface area contributed by atoms with Crippen molar-refractivity contribution in [1.29, 1.82) is 0 Å².